The number of halogens is 2. The molecule has 0 saturated heterocycles. The van der Waals surface area contributed by atoms with Crippen molar-refractivity contribution in [3.8, 4) is 0 Å². The van der Waals surface area contributed by atoms with Crippen LogP contribution >= 0.6 is 24.0 Å². The van der Waals surface area contributed by atoms with Crippen molar-refractivity contribution >= 4 is 40.0 Å². The molecule has 0 aliphatic carbocycles. The van der Waals surface area contributed by atoms with Gasteiger partial charge in [-0.25, -0.2) is 17.9 Å². The lowest BCUT2D eigenvalue weighted by Gasteiger charge is -2.18. The minimum absolute atomic E-state index is 0. The molecule has 0 heterocycles. The Bertz CT molecular complexity index is 918. The minimum Gasteiger partial charge on any atom is -0.356 e. The van der Waals surface area contributed by atoms with Gasteiger partial charge >= 0.3 is 0 Å². The molecule has 4 N–H and O–H groups in total. The lowest BCUT2D eigenvalue weighted by molar-refractivity contribution is 0.597. The summed E-state index contributed by atoms with van der Waals surface area (Å²) >= 11 is 0. The number of guanidine groups is 1. The molecule has 1 atom stereocenters. The maximum absolute atomic E-state index is 13.7. The zero-order valence-corrected chi connectivity index (χ0v) is 19.2. The summed E-state index contributed by atoms with van der Waals surface area (Å²) in [5.74, 6) is 0.372. The summed E-state index contributed by atoms with van der Waals surface area (Å²) in [7, 11) is -2.01. The van der Waals surface area contributed by atoms with Gasteiger partial charge in [0.25, 0.3) is 0 Å². The molecule has 0 aromatic heterocycles. The molecular weight excluding hydrogens is 494 g/mol. The molecule has 0 spiro atoms. The van der Waals surface area contributed by atoms with E-state index in [1.165, 1.54) is 18.2 Å². The lowest BCUT2D eigenvalue weighted by atomic mass is 10.1. The van der Waals surface area contributed by atoms with Crippen LogP contribution in [0.4, 0.5) is 4.39 Å². The third-order valence-corrected chi connectivity index (χ3v) is 5.16. The van der Waals surface area contributed by atoms with E-state index in [0.29, 0.717) is 24.5 Å². The quantitative estimate of drug-likeness (QED) is 0.310. The predicted octanol–water partition coefficient (Wildman–Crippen LogP) is 2.87. The Morgan fingerprint density at radius 3 is 2.39 bits per heavy atom. The highest BCUT2D eigenvalue weighted by Crippen LogP contribution is 2.16. The highest BCUT2D eigenvalue weighted by Gasteiger charge is 2.10. The number of nitrogens with zero attached hydrogens (tertiary/aromatic N) is 1. The molecule has 0 fully saturated rings. The molecule has 154 valence electrons. The number of benzene rings is 2. The van der Waals surface area contributed by atoms with Crippen LogP contribution < -0.4 is 15.8 Å². The van der Waals surface area contributed by atoms with Crippen LogP contribution in [0.3, 0.4) is 0 Å². The first-order valence-corrected chi connectivity index (χ1v) is 10.1. The Kier molecular flexibility index (Phi) is 9.31. The Morgan fingerprint density at radius 1 is 1.21 bits per heavy atom. The molecule has 28 heavy (non-hydrogen) atoms. The van der Waals surface area contributed by atoms with Crippen LogP contribution in [0.25, 0.3) is 0 Å². The second-order valence-corrected chi connectivity index (χ2v) is 7.87. The van der Waals surface area contributed by atoms with Crippen molar-refractivity contribution in [1.82, 2.24) is 10.6 Å². The topological polar surface area (TPSA) is 96.6 Å². The maximum Gasteiger partial charge on any atom is 0.238 e. The van der Waals surface area contributed by atoms with Gasteiger partial charge in [-0.1, -0.05) is 24.3 Å². The zero-order chi connectivity index (χ0) is 20.0. The van der Waals surface area contributed by atoms with Crippen molar-refractivity contribution in [2.75, 3.05) is 13.6 Å². The third kappa shape index (κ3) is 7.02. The van der Waals surface area contributed by atoms with Gasteiger partial charge in [0.2, 0.25) is 10.0 Å². The summed E-state index contributed by atoms with van der Waals surface area (Å²) in [6, 6.07) is 11.5. The number of nitrogens with one attached hydrogen (secondary N) is 2. The standard InChI is InChI=1S/C19H25FN4O2S.HI/c1-13-4-7-16(12-18(13)20)14(2)24-19(22-3)23-11-10-15-5-8-17(9-6-15)27(21,25)26;/h4-9,12,14H,10-11H2,1-3H3,(H2,21,25,26)(H2,22,23,24);1H. The Morgan fingerprint density at radius 2 is 1.86 bits per heavy atom. The number of nitrogens with two attached hydrogens (primary N) is 1. The smallest absolute Gasteiger partial charge is 0.238 e. The second kappa shape index (κ2) is 10.7. The van der Waals surface area contributed by atoms with E-state index in [1.807, 2.05) is 13.0 Å². The molecule has 2 aromatic rings. The summed E-state index contributed by atoms with van der Waals surface area (Å²) in [5, 5.41) is 11.5. The number of primary sulfonamides is 1. The highest BCUT2D eigenvalue weighted by molar-refractivity contribution is 14.0. The van der Waals surface area contributed by atoms with Crippen LogP contribution in [0.5, 0.6) is 0 Å². The SMILES string of the molecule is CN=C(NCCc1ccc(S(N)(=O)=O)cc1)NC(C)c1ccc(C)c(F)c1.I. The molecule has 1 unspecified atom stereocenters. The van der Waals surface area contributed by atoms with Gasteiger partial charge in [0, 0.05) is 13.6 Å². The first-order valence-electron chi connectivity index (χ1n) is 8.55. The third-order valence-electron chi connectivity index (χ3n) is 4.23. The molecule has 0 amide bonds. The normalized spacial score (nSPS) is 12.8. The predicted molar refractivity (Wildman–Crippen MR) is 121 cm³/mol. The number of rotatable bonds is 6. The van der Waals surface area contributed by atoms with E-state index in [0.717, 1.165) is 11.1 Å². The van der Waals surface area contributed by atoms with Crippen LogP contribution in [-0.2, 0) is 16.4 Å². The van der Waals surface area contributed by atoms with Crippen molar-refractivity contribution in [3.63, 3.8) is 0 Å². The largest absolute Gasteiger partial charge is 0.356 e. The van der Waals surface area contributed by atoms with Gasteiger partial charge in [0.1, 0.15) is 5.82 Å². The first-order chi connectivity index (χ1) is 12.7. The highest BCUT2D eigenvalue weighted by atomic mass is 127. The van der Waals surface area contributed by atoms with Gasteiger partial charge in [-0.15, -0.1) is 24.0 Å². The molecule has 0 aliphatic rings. The van der Waals surface area contributed by atoms with E-state index in [1.54, 1.807) is 32.2 Å². The van der Waals surface area contributed by atoms with Gasteiger partial charge in [0.15, 0.2) is 5.96 Å². The average Bonchev–Trinajstić information content (AvgIpc) is 2.62. The van der Waals surface area contributed by atoms with Crippen LogP contribution in [0.1, 0.15) is 29.7 Å². The fraction of sp³-hybridized carbons (Fsp3) is 0.316. The maximum atomic E-state index is 13.7. The van der Waals surface area contributed by atoms with Gasteiger partial charge in [0.05, 0.1) is 10.9 Å². The second-order valence-electron chi connectivity index (χ2n) is 6.31. The van der Waals surface area contributed by atoms with E-state index in [9.17, 15) is 12.8 Å². The van der Waals surface area contributed by atoms with E-state index < -0.39 is 10.0 Å². The van der Waals surface area contributed by atoms with Crippen molar-refractivity contribution in [2.45, 2.75) is 31.2 Å². The van der Waals surface area contributed by atoms with Gasteiger partial charge in [-0.3, -0.25) is 4.99 Å². The first kappa shape index (κ1) is 24.3. The number of hydrogen-bond acceptors (Lipinski definition) is 3. The number of hydrogen-bond donors (Lipinski definition) is 3. The van der Waals surface area contributed by atoms with Crippen LogP contribution in [-0.4, -0.2) is 28.0 Å². The molecule has 0 bridgehead atoms. The number of aryl methyl sites for hydroxylation is 1. The van der Waals surface area contributed by atoms with Crippen molar-refractivity contribution in [3.05, 3.63) is 65.0 Å². The van der Waals surface area contributed by atoms with Crippen molar-refractivity contribution in [1.29, 1.82) is 0 Å². The molecule has 2 aromatic carbocycles. The van der Waals surface area contributed by atoms with Crippen LogP contribution in [0.15, 0.2) is 52.4 Å². The van der Waals surface area contributed by atoms with Gasteiger partial charge < -0.3 is 10.6 Å². The van der Waals surface area contributed by atoms with E-state index in [-0.39, 0.29) is 40.7 Å². The summed E-state index contributed by atoms with van der Waals surface area (Å²) in [5.41, 5.74) is 2.42. The average molecular weight is 520 g/mol. The summed E-state index contributed by atoms with van der Waals surface area (Å²) in [4.78, 5) is 4.27. The summed E-state index contributed by atoms with van der Waals surface area (Å²) < 4.78 is 36.3. The minimum atomic E-state index is -3.67. The van der Waals surface area contributed by atoms with E-state index in [2.05, 4.69) is 15.6 Å². The molecule has 0 saturated carbocycles. The number of sulfonamides is 1. The Balaban J connectivity index is 0.00000392. The lowest BCUT2D eigenvalue weighted by Crippen LogP contribution is -2.39. The molecule has 0 radical (unpaired) electrons. The Labute approximate surface area is 182 Å². The van der Waals surface area contributed by atoms with Crippen molar-refractivity contribution in [2.24, 2.45) is 10.1 Å². The molecular formula is C19H26FIN4O2S. The van der Waals surface area contributed by atoms with Crippen molar-refractivity contribution < 1.29 is 12.8 Å². The Hall–Kier alpha value is -1.72. The van der Waals surface area contributed by atoms with Crippen LogP contribution in [0.2, 0.25) is 0 Å². The van der Waals surface area contributed by atoms with Gasteiger partial charge in [-0.05, 0) is 55.2 Å². The summed E-state index contributed by atoms with van der Waals surface area (Å²) in [6.07, 6.45) is 0.680. The fourth-order valence-electron chi connectivity index (χ4n) is 2.53. The fourth-order valence-corrected chi connectivity index (χ4v) is 3.05. The zero-order valence-electron chi connectivity index (χ0n) is 16.1. The molecule has 6 nitrogen and oxygen atoms in total. The number of aliphatic imine (C=N–C) groups is 1. The summed E-state index contributed by atoms with van der Waals surface area (Å²) in [6.45, 7) is 4.26. The van der Waals surface area contributed by atoms with Crippen LogP contribution in [0, 0.1) is 12.7 Å². The monoisotopic (exact) mass is 520 g/mol. The molecule has 9 heteroatoms. The van der Waals surface area contributed by atoms with E-state index in [4.69, 9.17) is 5.14 Å². The molecule has 0 aliphatic heterocycles. The van der Waals surface area contributed by atoms with Gasteiger partial charge in [-0.2, -0.15) is 0 Å². The van der Waals surface area contributed by atoms with E-state index >= 15 is 0 Å². The molecule has 2 rings (SSSR count).